The van der Waals surface area contributed by atoms with Crippen LogP contribution in [0.3, 0.4) is 0 Å². The van der Waals surface area contributed by atoms with Crippen molar-refractivity contribution in [1.29, 1.82) is 0 Å². The third kappa shape index (κ3) is 3.44. The standard InChI is InChI=1S/C15H19N3O/c1-4-5-12-9-14(18-17-12)15(19)16-13-7-10(2)6-11(3)8-13/h6-9H,4-5H2,1-3H3,(H,16,19)(H,17,18). The van der Waals surface area contributed by atoms with Crippen molar-refractivity contribution in [3.8, 4) is 0 Å². The quantitative estimate of drug-likeness (QED) is 0.883. The van der Waals surface area contributed by atoms with Crippen molar-refractivity contribution in [3.05, 3.63) is 46.8 Å². The molecule has 0 unspecified atom stereocenters. The van der Waals surface area contributed by atoms with Gasteiger partial charge in [0, 0.05) is 11.4 Å². The van der Waals surface area contributed by atoms with Crippen LogP contribution in [0.4, 0.5) is 5.69 Å². The predicted molar refractivity (Wildman–Crippen MR) is 76.5 cm³/mol. The third-order valence-corrected chi connectivity index (χ3v) is 2.86. The number of carbonyl (C=O) groups is 1. The maximum Gasteiger partial charge on any atom is 0.276 e. The number of aromatic amines is 1. The Labute approximate surface area is 113 Å². The first-order valence-corrected chi connectivity index (χ1v) is 6.52. The second kappa shape index (κ2) is 5.69. The fourth-order valence-corrected chi connectivity index (χ4v) is 2.12. The van der Waals surface area contributed by atoms with Crippen LogP contribution in [0.1, 0.15) is 40.7 Å². The number of hydrogen-bond acceptors (Lipinski definition) is 2. The average molecular weight is 257 g/mol. The number of H-pyrrole nitrogens is 1. The van der Waals surface area contributed by atoms with Crippen LogP contribution in [0.5, 0.6) is 0 Å². The molecule has 0 bridgehead atoms. The molecule has 4 heteroatoms. The molecular formula is C15H19N3O. The van der Waals surface area contributed by atoms with Gasteiger partial charge in [0.05, 0.1) is 0 Å². The Morgan fingerprint density at radius 1 is 1.21 bits per heavy atom. The second-order valence-electron chi connectivity index (χ2n) is 4.86. The number of hydrogen-bond donors (Lipinski definition) is 2. The Hall–Kier alpha value is -2.10. The smallest absolute Gasteiger partial charge is 0.276 e. The van der Waals surface area contributed by atoms with E-state index in [0.717, 1.165) is 35.3 Å². The van der Waals surface area contributed by atoms with E-state index >= 15 is 0 Å². The molecule has 2 N–H and O–H groups in total. The van der Waals surface area contributed by atoms with Crippen LogP contribution in [0.25, 0.3) is 0 Å². The van der Waals surface area contributed by atoms with Crippen LogP contribution in [-0.2, 0) is 6.42 Å². The number of amides is 1. The van der Waals surface area contributed by atoms with Crippen molar-refractivity contribution in [2.45, 2.75) is 33.6 Å². The van der Waals surface area contributed by atoms with E-state index in [1.165, 1.54) is 0 Å². The van der Waals surface area contributed by atoms with E-state index in [-0.39, 0.29) is 5.91 Å². The summed E-state index contributed by atoms with van der Waals surface area (Å²) in [6, 6.07) is 7.78. The first-order valence-electron chi connectivity index (χ1n) is 6.52. The molecule has 0 saturated carbocycles. The van der Waals surface area contributed by atoms with Crippen LogP contribution in [0.2, 0.25) is 0 Å². The van der Waals surface area contributed by atoms with Gasteiger partial charge in [0.2, 0.25) is 0 Å². The topological polar surface area (TPSA) is 57.8 Å². The summed E-state index contributed by atoms with van der Waals surface area (Å²) < 4.78 is 0. The minimum absolute atomic E-state index is 0.177. The molecule has 0 atom stereocenters. The molecule has 2 rings (SSSR count). The first-order chi connectivity index (χ1) is 9.08. The molecular weight excluding hydrogens is 238 g/mol. The number of rotatable bonds is 4. The molecule has 1 aromatic carbocycles. The van der Waals surface area contributed by atoms with Gasteiger partial charge in [-0.2, -0.15) is 5.10 Å². The summed E-state index contributed by atoms with van der Waals surface area (Å²) in [6.45, 7) is 6.11. The van der Waals surface area contributed by atoms with Gasteiger partial charge >= 0.3 is 0 Å². The molecule has 1 aromatic heterocycles. The number of anilines is 1. The summed E-state index contributed by atoms with van der Waals surface area (Å²) in [6.07, 6.45) is 1.93. The largest absolute Gasteiger partial charge is 0.321 e. The normalized spacial score (nSPS) is 10.5. The molecule has 0 radical (unpaired) electrons. The SMILES string of the molecule is CCCc1cc(C(=O)Nc2cc(C)cc(C)c2)n[nH]1. The molecule has 0 aliphatic heterocycles. The second-order valence-corrected chi connectivity index (χ2v) is 4.86. The van der Waals surface area contributed by atoms with Crippen molar-refractivity contribution < 1.29 is 4.79 Å². The number of benzene rings is 1. The lowest BCUT2D eigenvalue weighted by Gasteiger charge is -2.05. The molecule has 19 heavy (non-hydrogen) atoms. The highest BCUT2D eigenvalue weighted by molar-refractivity contribution is 6.03. The molecule has 0 aliphatic carbocycles. The summed E-state index contributed by atoms with van der Waals surface area (Å²) in [5.41, 5.74) is 4.49. The van der Waals surface area contributed by atoms with Crippen molar-refractivity contribution in [3.63, 3.8) is 0 Å². The maximum atomic E-state index is 12.1. The number of nitrogens with zero attached hydrogens (tertiary/aromatic N) is 1. The lowest BCUT2D eigenvalue weighted by atomic mass is 10.1. The lowest BCUT2D eigenvalue weighted by molar-refractivity contribution is 0.102. The average Bonchev–Trinajstić information content (AvgIpc) is 2.76. The van der Waals surface area contributed by atoms with Gasteiger partial charge in [-0.1, -0.05) is 19.4 Å². The maximum absolute atomic E-state index is 12.1. The Bertz CT molecular complexity index is 567. The van der Waals surface area contributed by atoms with E-state index in [1.54, 1.807) is 0 Å². The highest BCUT2D eigenvalue weighted by Crippen LogP contribution is 2.15. The monoisotopic (exact) mass is 257 g/mol. The molecule has 2 aromatic rings. The highest BCUT2D eigenvalue weighted by atomic mass is 16.1. The van der Waals surface area contributed by atoms with Gasteiger partial charge in [-0.05, 0) is 49.6 Å². The van der Waals surface area contributed by atoms with Gasteiger partial charge in [-0.15, -0.1) is 0 Å². The van der Waals surface area contributed by atoms with Crippen molar-refractivity contribution >= 4 is 11.6 Å². The van der Waals surface area contributed by atoms with Crippen LogP contribution >= 0.6 is 0 Å². The van der Waals surface area contributed by atoms with Crippen molar-refractivity contribution in [1.82, 2.24) is 10.2 Å². The van der Waals surface area contributed by atoms with Gasteiger partial charge in [-0.25, -0.2) is 0 Å². The summed E-state index contributed by atoms with van der Waals surface area (Å²) in [5.74, 6) is -0.177. The van der Waals surface area contributed by atoms with Crippen LogP contribution < -0.4 is 5.32 Å². The molecule has 0 fully saturated rings. The molecule has 1 heterocycles. The Morgan fingerprint density at radius 3 is 2.53 bits per heavy atom. The summed E-state index contributed by atoms with van der Waals surface area (Å²) in [7, 11) is 0. The van der Waals surface area contributed by atoms with Gasteiger partial charge < -0.3 is 5.32 Å². The first kappa shape index (κ1) is 13.3. The fraction of sp³-hybridized carbons (Fsp3) is 0.333. The number of nitrogens with one attached hydrogen (secondary N) is 2. The van der Waals surface area contributed by atoms with Gasteiger partial charge in [0.25, 0.3) is 5.91 Å². The predicted octanol–water partition coefficient (Wildman–Crippen LogP) is 3.23. The Balaban J connectivity index is 2.11. The molecule has 4 nitrogen and oxygen atoms in total. The van der Waals surface area contributed by atoms with Crippen molar-refractivity contribution in [2.24, 2.45) is 0 Å². The van der Waals surface area contributed by atoms with E-state index in [1.807, 2.05) is 32.0 Å². The molecule has 1 amide bonds. The number of carbonyl (C=O) groups excluding carboxylic acids is 1. The van der Waals surface area contributed by atoms with E-state index < -0.39 is 0 Å². The lowest BCUT2D eigenvalue weighted by Crippen LogP contribution is -2.12. The fourth-order valence-electron chi connectivity index (χ4n) is 2.12. The minimum Gasteiger partial charge on any atom is -0.321 e. The van der Waals surface area contributed by atoms with E-state index in [9.17, 15) is 4.79 Å². The van der Waals surface area contributed by atoms with Crippen LogP contribution in [-0.4, -0.2) is 16.1 Å². The van der Waals surface area contributed by atoms with Crippen LogP contribution in [0.15, 0.2) is 24.3 Å². The van der Waals surface area contributed by atoms with E-state index in [0.29, 0.717) is 5.69 Å². The van der Waals surface area contributed by atoms with Gasteiger partial charge in [0.15, 0.2) is 5.69 Å². The Morgan fingerprint density at radius 2 is 1.89 bits per heavy atom. The Kier molecular flexibility index (Phi) is 4.00. The zero-order valence-corrected chi connectivity index (χ0v) is 11.6. The summed E-state index contributed by atoms with van der Waals surface area (Å²) >= 11 is 0. The number of aromatic nitrogens is 2. The molecule has 0 saturated heterocycles. The highest BCUT2D eigenvalue weighted by Gasteiger charge is 2.10. The third-order valence-electron chi connectivity index (χ3n) is 2.86. The van der Waals surface area contributed by atoms with Crippen molar-refractivity contribution in [2.75, 3.05) is 5.32 Å². The summed E-state index contributed by atoms with van der Waals surface area (Å²) in [4.78, 5) is 12.1. The molecule has 100 valence electrons. The van der Waals surface area contributed by atoms with Crippen LogP contribution in [0, 0.1) is 13.8 Å². The van der Waals surface area contributed by atoms with E-state index in [2.05, 4.69) is 28.5 Å². The van der Waals surface area contributed by atoms with Gasteiger partial charge in [-0.3, -0.25) is 9.89 Å². The zero-order chi connectivity index (χ0) is 13.8. The van der Waals surface area contributed by atoms with Gasteiger partial charge in [0.1, 0.15) is 0 Å². The number of aryl methyl sites for hydroxylation is 3. The zero-order valence-electron chi connectivity index (χ0n) is 11.6. The molecule has 0 spiro atoms. The van der Waals surface area contributed by atoms with E-state index in [4.69, 9.17) is 0 Å². The molecule has 0 aliphatic rings. The summed E-state index contributed by atoms with van der Waals surface area (Å²) in [5, 5.41) is 9.80. The minimum atomic E-state index is -0.177.